The summed E-state index contributed by atoms with van der Waals surface area (Å²) < 4.78 is 5.00. The van der Waals surface area contributed by atoms with Gasteiger partial charge in [-0.3, -0.25) is 0 Å². The summed E-state index contributed by atoms with van der Waals surface area (Å²) in [7, 11) is 0. The molecular formula is C12H14ClN3O. The molecule has 0 saturated heterocycles. The predicted octanol–water partition coefficient (Wildman–Crippen LogP) is 3.21. The largest absolute Gasteiger partial charge is 0.472 e. The third-order valence-corrected chi connectivity index (χ3v) is 2.86. The molecular weight excluding hydrogens is 238 g/mol. The summed E-state index contributed by atoms with van der Waals surface area (Å²) in [5.41, 5.74) is 1.93. The quantitative estimate of drug-likeness (QED) is 0.848. The molecule has 0 unspecified atom stereocenters. The summed E-state index contributed by atoms with van der Waals surface area (Å²) in [5.74, 6) is 1.53. The fraction of sp³-hybridized carbons (Fsp3) is 0.333. The van der Waals surface area contributed by atoms with Gasteiger partial charge in [0.25, 0.3) is 0 Å². The number of halogens is 1. The molecule has 2 rings (SSSR count). The smallest absolute Gasteiger partial charge is 0.137 e. The lowest BCUT2D eigenvalue weighted by molar-refractivity contribution is 0.564. The highest BCUT2D eigenvalue weighted by atomic mass is 35.5. The molecule has 0 amide bonds. The van der Waals surface area contributed by atoms with Crippen molar-refractivity contribution in [3.05, 3.63) is 40.7 Å². The van der Waals surface area contributed by atoms with Crippen LogP contribution in [-0.4, -0.2) is 9.97 Å². The molecule has 4 nitrogen and oxygen atoms in total. The van der Waals surface area contributed by atoms with Crippen LogP contribution in [-0.2, 0) is 13.0 Å². The first kappa shape index (κ1) is 11.9. The maximum atomic E-state index is 6.05. The molecule has 0 aliphatic carbocycles. The van der Waals surface area contributed by atoms with Crippen molar-refractivity contribution in [2.75, 3.05) is 5.32 Å². The molecule has 2 heterocycles. The Morgan fingerprint density at radius 3 is 2.88 bits per heavy atom. The van der Waals surface area contributed by atoms with Crippen molar-refractivity contribution in [1.29, 1.82) is 0 Å². The van der Waals surface area contributed by atoms with Crippen molar-refractivity contribution in [3.63, 3.8) is 0 Å². The summed E-state index contributed by atoms with van der Waals surface area (Å²) in [6.45, 7) is 4.56. The fourth-order valence-corrected chi connectivity index (χ4v) is 1.63. The summed E-state index contributed by atoms with van der Waals surface area (Å²) in [5, 5.41) is 3.74. The monoisotopic (exact) mass is 251 g/mol. The van der Waals surface area contributed by atoms with Gasteiger partial charge < -0.3 is 9.73 Å². The van der Waals surface area contributed by atoms with Gasteiger partial charge in [-0.15, -0.1) is 0 Å². The Morgan fingerprint density at radius 1 is 1.41 bits per heavy atom. The maximum Gasteiger partial charge on any atom is 0.137 e. The minimum absolute atomic E-state index is 0.506. The molecule has 90 valence electrons. The fourth-order valence-electron chi connectivity index (χ4n) is 1.44. The molecule has 0 saturated carbocycles. The third kappa shape index (κ3) is 2.77. The number of hydrogen-bond donors (Lipinski definition) is 1. The maximum absolute atomic E-state index is 6.05. The molecule has 2 aromatic heterocycles. The molecule has 0 atom stereocenters. The van der Waals surface area contributed by atoms with Crippen LogP contribution in [0.4, 0.5) is 5.82 Å². The van der Waals surface area contributed by atoms with Gasteiger partial charge in [-0.2, -0.15) is 0 Å². The van der Waals surface area contributed by atoms with Crippen LogP contribution in [0.15, 0.2) is 23.0 Å². The van der Waals surface area contributed by atoms with E-state index in [9.17, 15) is 0 Å². The van der Waals surface area contributed by atoms with Crippen LogP contribution in [0.3, 0.4) is 0 Å². The number of hydrogen-bond acceptors (Lipinski definition) is 4. The van der Waals surface area contributed by atoms with Crippen LogP contribution >= 0.6 is 11.6 Å². The Balaban J connectivity index is 2.17. The van der Waals surface area contributed by atoms with Crippen molar-refractivity contribution in [2.24, 2.45) is 0 Å². The predicted molar refractivity (Wildman–Crippen MR) is 67.2 cm³/mol. The molecule has 5 heteroatoms. The number of nitrogens with zero attached hydrogens (tertiary/aromatic N) is 2. The lowest BCUT2D eigenvalue weighted by Crippen LogP contribution is -2.06. The molecule has 0 aliphatic rings. The van der Waals surface area contributed by atoms with Gasteiger partial charge in [0.15, 0.2) is 0 Å². The highest BCUT2D eigenvalue weighted by Crippen LogP contribution is 2.20. The van der Waals surface area contributed by atoms with Crippen molar-refractivity contribution < 1.29 is 4.42 Å². The Kier molecular flexibility index (Phi) is 3.64. The molecule has 0 aliphatic heterocycles. The van der Waals surface area contributed by atoms with E-state index in [1.54, 1.807) is 12.5 Å². The number of aryl methyl sites for hydroxylation is 1. The van der Waals surface area contributed by atoms with Gasteiger partial charge >= 0.3 is 0 Å². The molecule has 0 fully saturated rings. The van der Waals surface area contributed by atoms with Gasteiger partial charge in [0.1, 0.15) is 16.8 Å². The van der Waals surface area contributed by atoms with Crippen LogP contribution in [0.1, 0.15) is 23.9 Å². The lowest BCUT2D eigenvalue weighted by Gasteiger charge is -2.09. The Morgan fingerprint density at radius 2 is 2.24 bits per heavy atom. The zero-order chi connectivity index (χ0) is 12.3. The minimum Gasteiger partial charge on any atom is -0.472 e. The first-order valence-electron chi connectivity index (χ1n) is 5.48. The second-order valence-electron chi connectivity index (χ2n) is 3.74. The van der Waals surface area contributed by atoms with E-state index < -0.39 is 0 Å². The number of furan rings is 1. The molecule has 2 aromatic rings. The van der Waals surface area contributed by atoms with E-state index in [-0.39, 0.29) is 0 Å². The standard InChI is InChI=1S/C12H14ClN3O/c1-3-10-15-11(13)8(2)12(16-10)14-6-9-4-5-17-7-9/h4-5,7H,3,6H2,1-2H3,(H,14,15,16). The molecule has 0 radical (unpaired) electrons. The van der Waals surface area contributed by atoms with Gasteiger partial charge in [-0.1, -0.05) is 18.5 Å². The van der Waals surface area contributed by atoms with Crippen molar-refractivity contribution in [2.45, 2.75) is 26.8 Å². The molecule has 0 spiro atoms. The first-order chi connectivity index (χ1) is 8.20. The van der Waals surface area contributed by atoms with Gasteiger partial charge in [0.2, 0.25) is 0 Å². The van der Waals surface area contributed by atoms with Gasteiger partial charge in [0, 0.05) is 24.1 Å². The Hall–Kier alpha value is -1.55. The van der Waals surface area contributed by atoms with Crippen LogP contribution in [0, 0.1) is 6.92 Å². The van der Waals surface area contributed by atoms with Gasteiger partial charge in [0.05, 0.1) is 12.5 Å². The average molecular weight is 252 g/mol. The average Bonchev–Trinajstić information content (AvgIpc) is 2.84. The van der Waals surface area contributed by atoms with E-state index in [2.05, 4.69) is 15.3 Å². The van der Waals surface area contributed by atoms with Crippen LogP contribution in [0.5, 0.6) is 0 Å². The SMILES string of the molecule is CCc1nc(Cl)c(C)c(NCc2ccoc2)n1. The second-order valence-corrected chi connectivity index (χ2v) is 4.10. The summed E-state index contributed by atoms with van der Waals surface area (Å²) >= 11 is 6.05. The Bertz CT molecular complexity index is 497. The topological polar surface area (TPSA) is 51.0 Å². The Labute approximate surface area is 105 Å². The third-order valence-electron chi connectivity index (χ3n) is 2.49. The zero-order valence-corrected chi connectivity index (χ0v) is 10.6. The summed E-state index contributed by atoms with van der Waals surface area (Å²) in [6.07, 6.45) is 4.11. The summed E-state index contributed by atoms with van der Waals surface area (Å²) in [4.78, 5) is 8.61. The van der Waals surface area contributed by atoms with E-state index in [4.69, 9.17) is 16.0 Å². The van der Waals surface area contributed by atoms with Gasteiger partial charge in [-0.25, -0.2) is 9.97 Å². The van der Waals surface area contributed by atoms with E-state index >= 15 is 0 Å². The number of aromatic nitrogens is 2. The van der Waals surface area contributed by atoms with Crippen LogP contribution in [0.25, 0.3) is 0 Å². The number of rotatable bonds is 4. The summed E-state index contributed by atoms with van der Waals surface area (Å²) in [6, 6.07) is 1.91. The van der Waals surface area contributed by atoms with Gasteiger partial charge in [-0.05, 0) is 13.0 Å². The second kappa shape index (κ2) is 5.19. The van der Waals surface area contributed by atoms with Crippen molar-refractivity contribution >= 4 is 17.4 Å². The highest BCUT2D eigenvalue weighted by Gasteiger charge is 2.08. The number of nitrogens with one attached hydrogen (secondary N) is 1. The highest BCUT2D eigenvalue weighted by molar-refractivity contribution is 6.30. The molecule has 0 bridgehead atoms. The zero-order valence-electron chi connectivity index (χ0n) is 9.83. The molecule has 1 N–H and O–H groups in total. The first-order valence-corrected chi connectivity index (χ1v) is 5.86. The van der Waals surface area contributed by atoms with Crippen molar-refractivity contribution in [1.82, 2.24) is 9.97 Å². The van der Waals surface area contributed by atoms with Crippen LogP contribution in [0.2, 0.25) is 5.15 Å². The number of anilines is 1. The van der Waals surface area contributed by atoms with Crippen LogP contribution < -0.4 is 5.32 Å². The van der Waals surface area contributed by atoms with E-state index in [1.165, 1.54) is 0 Å². The minimum atomic E-state index is 0.506. The van der Waals surface area contributed by atoms with E-state index in [1.807, 2.05) is 19.9 Å². The molecule has 0 aromatic carbocycles. The van der Waals surface area contributed by atoms with E-state index in [0.717, 1.165) is 29.2 Å². The molecule has 17 heavy (non-hydrogen) atoms. The van der Waals surface area contributed by atoms with Crippen molar-refractivity contribution in [3.8, 4) is 0 Å². The normalized spacial score (nSPS) is 10.5. The van der Waals surface area contributed by atoms with E-state index in [0.29, 0.717) is 11.7 Å². The lowest BCUT2D eigenvalue weighted by atomic mass is 10.3.